The van der Waals surface area contributed by atoms with Crippen molar-refractivity contribution < 1.29 is 17.9 Å². The van der Waals surface area contributed by atoms with Gasteiger partial charge in [0.2, 0.25) is 5.91 Å². The second-order valence-corrected chi connectivity index (χ2v) is 7.01. The lowest BCUT2D eigenvalue weighted by Gasteiger charge is -2.37. The van der Waals surface area contributed by atoms with E-state index in [9.17, 15) is 13.2 Å². The first kappa shape index (κ1) is 14.7. The van der Waals surface area contributed by atoms with Gasteiger partial charge < -0.3 is 10.1 Å². The van der Waals surface area contributed by atoms with Crippen molar-refractivity contribution in [3.05, 3.63) is 0 Å². The minimum absolute atomic E-state index is 0.0959. The molecule has 0 spiro atoms. The molecule has 0 aliphatic carbocycles. The second kappa shape index (κ2) is 5.74. The van der Waals surface area contributed by atoms with E-state index in [4.69, 9.17) is 4.74 Å². The van der Waals surface area contributed by atoms with Gasteiger partial charge in [0.05, 0.1) is 12.2 Å². The largest absolute Gasteiger partial charge is 0.373 e. The van der Waals surface area contributed by atoms with Crippen LogP contribution in [-0.4, -0.2) is 67.9 Å². The third kappa shape index (κ3) is 3.44. The number of hydrogen-bond acceptors (Lipinski definition) is 4. The molecule has 1 amide bonds. The number of nitrogens with zero attached hydrogens (tertiary/aromatic N) is 2. The number of morpholine rings is 1. The number of carbonyl (C=O) groups is 1. The Kier molecular flexibility index (Phi) is 4.44. The molecule has 2 fully saturated rings. The normalized spacial score (nSPS) is 31.8. The van der Waals surface area contributed by atoms with Crippen molar-refractivity contribution in [1.82, 2.24) is 13.9 Å². The maximum Gasteiger partial charge on any atom is 0.282 e. The number of ether oxygens (including phenoxy) is 1. The summed E-state index contributed by atoms with van der Waals surface area (Å²) >= 11 is 0. The Balaban J connectivity index is 2.10. The fraction of sp³-hybridized carbons (Fsp3) is 0.909. The number of rotatable bonds is 2. The SMILES string of the molecule is CC1CN(S(=O)(=O)N2CCNC(=O)CC2)CC(C)O1. The van der Waals surface area contributed by atoms with Gasteiger partial charge in [-0.2, -0.15) is 17.0 Å². The van der Waals surface area contributed by atoms with Crippen LogP contribution >= 0.6 is 0 Å². The summed E-state index contributed by atoms with van der Waals surface area (Å²) in [5.74, 6) is -0.0959. The van der Waals surface area contributed by atoms with Crippen LogP contribution in [0.3, 0.4) is 0 Å². The molecule has 2 heterocycles. The zero-order chi connectivity index (χ0) is 14.0. The molecule has 0 aromatic heterocycles. The van der Waals surface area contributed by atoms with Gasteiger partial charge in [-0.05, 0) is 13.8 Å². The van der Waals surface area contributed by atoms with E-state index < -0.39 is 10.2 Å². The third-order valence-electron chi connectivity index (χ3n) is 3.31. The molecule has 110 valence electrons. The van der Waals surface area contributed by atoms with Crippen molar-refractivity contribution in [1.29, 1.82) is 0 Å². The number of hydrogen-bond donors (Lipinski definition) is 1. The standard InChI is InChI=1S/C11H21N3O4S/c1-9-7-14(8-10(2)18-9)19(16,17)13-5-3-11(15)12-4-6-13/h9-10H,3-8H2,1-2H3,(H,12,15). The Morgan fingerprint density at radius 1 is 1.16 bits per heavy atom. The van der Waals surface area contributed by atoms with Crippen molar-refractivity contribution in [3.8, 4) is 0 Å². The lowest BCUT2D eigenvalue weighted by Crippen LogP contribution is -2.53. The van der Waals surface area contributed by atoms with Gasteiger partial charge in [-0.15, -0.1) is 0 Å². The van der Waals surface area contributed by atoms with Gasteiger partial charge in [0.15, 0.2) is 0 Å². The van der Waals surface area contributed by atoms with Crippen LogP contribution in [-0.2, 0) is 19.7 Å². The first-order valence-electron chi connectivity index (χ1n) is 6.57. The van der Waals surface area contributed by atoms with E-state index >= 15 is 0 Å². The van der Waals surface area contributed by atoms with Crippen LogP contribution < -0.4 is 5.32 Å². The molecular weight excluding hydrogens is 270 g/mol. The number of carbonyl (C=O) groups excluding carboxylic acids is 1. The zero-order valence-corrected chi connectivity index (χ0v) is 12.1. The van der Waals surface area contributed by atoms with E-state index in [1.165, 1.54) is 8.61 Å². The Hall–Kier alpha value is -0.700. The highest BCUT2D eigenvalue weighted by atomic mass is 32.2. The van der Waals surface area contributed by atoms with Crippen molar-refractivity contribution in [2.24, 2.45) is 0 Å². The molecule has 19 heavy (non-hydrogen) atoms. The minimum atomic E-state index is -3.50. The van der Waals surface area contributed by atoms with Crippen LogP contribution in [0.5, 0.6) is 0 Å². The van der Waals surface area contributed by atoms with Crippen LogP contribution in [0.25, 0.3) is 0 Å². The summed E-state index contributed by atoms with van der Waals surface area (Å²) in [6, 6.07) is 0. The summed E-state index contributed by atoms with van der Waals surface area (Å²) < 4.78 is 33.5. The summed E-state index contributed by atoms with van der Waals surface area (Å²) in [5.41, 5.74) is 0. The Labute approximate surface area is 114 Å². The lowest BCUT2D eigenvalue weighted by molar-refractivity contribution is -0.120. The van der Waals surface area contributed by atoms with Crippen molar-refractivity contribution in [3.63, 3.8) is 0 Å². The smallest absolute Gasteiger partial charge is 0.282 e. The van der Waals surface area contributed by atoms with Crippen LogP contribution in [0.2, 0.25) is 0 Å². The summed E-state index contributed by atoms with van der Waals surface area (Å²) in [7, 11) is -3.50. The van der Waals surface area contributed by atoms with Crippen molar-refractivity contribution in [2.45, 2.75) is 32.5 Å². The topological polar surface area (TPSA) is 79.0 Å². The molecule has 0 radical (unpaired) electrons. The fourth-order valence-corrected chi connectivity index (χ4v) is 4.23. The maximum absolute atomic E-state index is 12.5. The van der Waals surface area contributed by atoms with Gasteiger partial charge in [0.1, 0.15) is 0 Å². The van der Waals surface area contributed by atoms with Crippen molar-refractivity contribution >= 4 is 16.1 Å². The van der Waals surface area contributed by atoms with Gasteiger partial charge in [-0.1, -0.05) is 0 Å². The van der Waals surface area contributed by atoms with Crippen LogP contribution in [0.4, 0.5) is 0 Å². The molecule has 0 bridgehead atoms. The molecule has 0 aromatic carbocycles. The van der Waals surface area contributed by atoms with E-state index in [1.807, 2.05) is 13.8 Å². The van der Waals surface area contributed by atoms with Gasteiger partial charge in [-0.3, -0.25) is 4.79 Å². The monoisotopic (exact) mass is 291 g/mol. The molecule has 2 rings (SSSR count). The predicted octanol–water partition coefficient (Wildman–Crippen LogP) is -0.838. The van der Waals surface area contributed by atoms with E-state index in [1.54, 1.807) is 0 Å². The fourth-order valence-electron chi connectivity index (χ4n) is 2.46. The quantitative estimate of drug-likeness (QED) is 0.720. The molecule has 2 saturated heterocycles. The Bertz CT molecular complexity index is 429. The Morgan fingerprint density at radius 3 is 2.42 bits per heavy atom. The average Bonchev–Trinajstić information content (AvgIpc) is 2.53. The van der Waals surface area contributed by atoms with E-state index in [0.717, 1.165) is 0 Å². The van der Waals surface area contributed by atoms with E-state index in [-0.39, 0.29) is 31.1 Å². The molecule has 0 aromatic rings. The number of nitrogens with one attached hydrogen (secondary N) is 1. The van der Waals surface area contributed by atoms with Crippen LogP contribution in [0.1, 0.15) is 20.3 Å². The zero-order valence-electron chi connectivity index (χ0n) is 11.3. The summed E-state index contributed by atoms with van der Waals surface area (Å²) in [6.45, 7) is 5.41. The maximum atomic E-state index is 12.5. The molecule has 0 saturated carbocycles. The van der Waals surface area contributed by atoms with Gasteiger partial charge in [-0.25, -0.2) is 0 Å². The first-order valence-corrected chi connectivity index (χ1v) is 7.96. The molecule has 8 heteroatoms. The molecule has 2 aliphatic rings. The second-order valence-electron chi connectivity index (χ2n) is 5.08. The van der Waals surface area contributed by atoms with Gasteiger partial charge in [0, 0.05) is 39.1 Å². The average molecular weight is 291 g/mol. The summed E-state index contributed by atoms with van der Waals surface area (Å²) in [5, 5.41) is 2.68. The Morgan fingerprint density at radius 2 is 1.79 bits per heavy atom. The summed E-state index contributed by atoms with van der Waals surface area (Å²) in [4.78, 5) is 11.3. The van der Waals surface area contributed by atoms with Gasteiger partial charge in [0.25, 0.3) is 10.2 Å². The lowest BCUT2D eigenvalue weighted by atomic mass is 10.3. The van der Waals surface area contributed by atoms with E-state index in [2.05, 4.69) is 5.32 Å². The summed E-state index contributed by atoms with van der Waals surface area (Å²) in [6.07, 6.45) is 0.00446. The van der Waals surface area contributed by atoms with Crippen molar-refractivity contribution in [2.75, 3.05) is 32.7 Å². The van der Waals surface area contributed by atoms with Crippen LogP contribution in [0, 0.1) is 0 Å². The molecule has 2 atom stereocenters. The third-order valence-corrected chi connectivity index (χ3v) is 5.28. The molecule has 7 nitrogen and oxygen atoms in total. The van der Waals surface area contributed by atoms with Crippen LogP contribution in [0.15, 0.2) is 0 Å². The highest BCUT2D eigenvalue weighted by Gasteiger charge is 2.35. The first-order chi connectivity index (χ1) is 8.89. The molecule has 1 N–H and O–H groups in total. The van der Waals surface area contributed by atoms with E-state index in [0.29, 0.717) is 26.2 Å². The highest BCUT2D eigenvalue weighted by Crippen LogP contribution is 2.18. The van der Waals surface area contributed by atoms with Gasteiger partial charge >= 0.3 is 0 Å². The highest BCUT2D eigenvalue weighted by molar-refractivity contribution is 7.86. The molecule has 2 aliphatic heterocycles. The molecular formula is C11H21N3O4S. The number of amides is 1. The molecule has 2 unspecified atom stereocenters. The minimum Gasteiger partial charge on any atom is -0.373 e. The predicted molar refractivity (Wildman–Crippen MR) is 69.7 cm³/mol.